The van der Waals surface area contributed by atoms with Gasteiger partial charge in [0.15, 0.2) is 5.82 Å². The highest BCUT2D eigenvalue weighted by molar-refractivity contribution is 9.10. The number of nitrogens with two attached hydrogens (primary N) is 1. The van der Waals surface area contributed by atoms with Gasteiger partial charge in [0.25, 0.3) is 0 Å². The number of aromatic amines is 1. The number of sulfonamides is 1. The lowest BCUT2D eigenvalue weighted by molar-refractivity contribution is 0.552. The van der Waals surface area contributed by atoms with Crippen molar-refractivity contribution in [3.8, 4) is 0 Å². The van der Waals surface area contributed by atoms with E-state index in [1.807, 2.05) is 0 Å². The van der Waals surface area contributed by atoms with Crippen LogP contribution >= 0.6 is 15.9 Å². The molecule has 0 saturated heterocycles. The molecule has 1 heterocycles. The zero-order valence-electron chi connectivity index (χ0n) is 10.9. The van der Waals surface area contributed by atoms with E-state index in [9.17, 15) is 12.8 Å². The summed E-state index contributed by atoms with van der Waals surface area (Å²) in [4.78, 5) is 6.48. The molecule has 0 aliphatic carbocycles. The maximum absolute atomic E-state index is 13.9. The van der Waals surface area contributed by atoms with E-state index in [0.29, 0.717) is 12.8 Å². The van der Waals surface area contributed by atoms with Crippen LogP contribution in [0, 0.1) is 5.82 Å². The Morgan fingerprint density at radius 1 is 1.43 bits per heavy atom. The van der Waals surface area contributed by atoms with Crippen molar-refractivity contribution >= 4 is 31.6 Å². The molecule has 0 unspecified atom stereocenters. The van der Waals surface area contributed by atoms with Crippen LogP contribution in [-0.2, 0) is 16.4 Å². The zero-order chi connectivity index (χ0) is 15.5. The van der Waals surface area contributed by atoms with Crippen LogP contribution in [0.4, 0.5) is 10.1 Å². The molecule has 4 N–H and O–H groups in total. The minimum absolute atomic E-state index is 0.0125. The number of nitrogens with zero attached hydrogens (tertiary/aromatic N) is 1. The summed E-state index contributed by atoms with van der Waals surface area (Å²) in [6.07, 6.45) is 4.45. The molecule has 2 rings (SSSR count). The molecule has 0 aliphatic rings. The lowest BCUT2D eigenvalue weighted by Crippen LogP contribution is -2.26. The lowest BCUT2D eigenvalue weighted by atomic mass is 10.3. The van der Waals surface area contributed by atoms with Crippen molar-refractivity contribution in [3.63, 3.8) is 0 Å². The smallest absolute Gasteiger partial charge is 0.243 e. The topological polar surface area (TPSA) is 101 Å². The van der Waals surface area contributed by atoms with Crippen molar-refractivity contribution in [1.29, 1.82) is 0 Å². The predicted molar refractivity (Wildman–Crippen MR) is 80.6 cm³/mol. The number of imidazole rings is 1. The minimum atomic E-state index is -3.94. The number of aromatic nitrogens is 2. The summed E-state index contributed by atoms with van der Waals surface area (Å²) in [5.41, 5.74) is 5.71. The van der Waals surface area contributed by atoms with Crippen LogP contribution in [0.2, 0.25) is 0 Å². The fourth-order valence-electron chi connectivity index (χ4n) is 1.75. The number of rotatable bonds is 6. The molecule has 0 fully saturated rings. The Balaban J connectivity index is 2.02. The van der Waals surface area contributed by atoms with Gasteiger partial charge in [0.1, 0.15) is 10.7 Å². The highest BCUT2D eigenvalue weighted by Gasteiger charge is 2.21. The first-order valence-corrected chi connectivity index (χ1v) is 8.40. The third-order valence-electron chi connectivity index (χ3n) is 2.74. The maximum Gasteiger partial charge on any atom is 0.243 e. The van der Waals surface area contributed by atoms with Gasteiger partial charge in [0.2, 0.25) is 10.0 Å². The number of aryl methyl sites for hydroxylation is 1. The molecule has 1 aromatic carbocycles. The van der Waals surface area contributed by atoms with E-state index in [-0.39, 0.29) is 16.7 Å². The molecule has 0 spiro atoms. The number of nitrogens with one attached hydrogen (secondary N) is 2. The van der Waals surface area contributed by atoms with Crippen LogP contribution in [0.1, 0.15) is 12.2 Å². The van der Waals surface area contributed by atoms with Gasteiger partial charge in [-0.25, -0.2) is 22.5 Å². The van der Waals surface area contributed by atoms with Gasteiger partial charge in [-0.3, -0.25) is 0 Å². The summed E-state index contributed by atoms with van der Waals surface area (Å²) >= 11 is 2.94. The molecule has 0 atom stereocenters. The summed E-state index contributed by atoms with van der Waals surface area (Å²) < 4.78 is 40.4. The zero-order valence-corrected chi connectivity index (χ0v) is 13.3. The van der Waals surface area contributed by atoms with E-state index in [1.54, 1.807) is 12.4 Å². The Bertz CT molecular complexity index is 719. The van der Waals surface area contributed by atoms with Crippen molar-refractivity contribution in [2.45, 2.75) is 17.7 Å². The third kappa shape index (κ3) is 4.02. The van der Waals surface area contributed by atoms with Crippen molar-refractivity contribution in [2.24, 2.45) is 0 Å². The van der Waals surface area contributed by atoms with Gasteiger partial charge in [-0.05, 0) is 34.5 Å². The summed E-state index contributed by atoms with van der Waals surface area (Å²) in [6, 6.07) is 2.40. The molecule has 6 nitrogen and oxygen atoms in total. The first kappa shape index (κ1) is 15.9. The summed E-state index contributed by atoms with van der Waals surface area (Å²) in [5, 5.41) is 0. The van der Waals surface area contributed by atoms with Gasteiger partial charge in [-0.15, -0.1) is 0 Å². The normalized spacial score (nSPS) is 11.7. The summed E-state index contributed by atoms with van der Waals surface area (Å²) in [6.45, 7) is 0.175. The van der Waals surface area contributed by atoms with Crippen LogP contribution in [0.15, 0.2) is 33.9 Å². The van der Waals surface area contributed by atoms with Crippen molar-refractivity contribution < 1.29 is 12.8 Å². The minimum Gasteiger partial charge on any atom is -0.399 e. The monoisotopic (exact) mass is 376 g/mol. The number of hydrogen-bond acceptors (Lipinski definition) is 4. The molecule has 0 bridgehead atoms. The molecule has 0 aliphatic heterocycles. The van der Waals surface area contributed by atoms with Crippen LogP contribution in [0.25, 0.3) is 0 Å². The van der Waals surface area contributed by atoms with Gasteiger partial charge >= 0.3 is 0 Å². The van der Waals surface area contributed by atoms with Gasteiger partial charge in [-0.2, -0.15) is 0 Å². The van der Waals surface area contributed by atoms with E-state index >= 15 is 0 Å². The largest absolute Gasteiger partial charge is 0.399 e. The van der Waals surface area contributed by atoms with E-state index in [0.717, 1.165) is 11.9 Å². The predicted octanol–water partition coefficient (Wildman–Crippen LogP) is 1.80. The summed E-state index contributed by atoms with van der Waals surface area (Å²) in [5.74, 6) is -0.0881. The SMILES string of the molecule is Nc1cc(Br)c(F)c(S(=O)(=O)NCCCc2ncc[nH]2)c1. The molecule has 21 heavy (non-hydrogen) atoms. The second-order valence-electron chi connectivity index (χ2n) is 4.35. The fourth-order valence-corrected chi connectivity index (χ4v) is 3.57. The Kier molecular flexibility index (Phi) is 4.96. The number of hydrogen-bond donors (Lipinski definition) is 3. The van der Waals surface area contributed by atoms with Crippen molar-refractivity contribution in [2.75, 3.05) is 12.3 Å². The van der Waals surface area contributed by atoms with E-state index in [4.69, 9.17) is 5.73 Å². The average molecular weight is 377 g/mol. The molecule has 0 saturated carbocycles. The van der Waals surface area contributed by atoms with Crippen LogP contribution in [0.5, 0.6) is 0 Å². The second-order valence-corrected chi connectivity index (χ2v) is 6.94. The average Bonchev–Trinajstić information content (AvgIpc) is 2.92. The number of anilines is 1. The van der Waals surface area contributed by atoms with Gasteiger partial charge in [-0.1, -0.05) is 0 Å². The molecular formula is C12H14BrFN4O2S. The third-order valence-corrected chi connectivity index (χ3v) is 4.78. The van der Waals surface area contributed by atoms with E-state index in [2.05, 4.69) is 30.6 Å². The Labute approximate surface area is 130 Å². The molecule has 114 valence electrons. The number of H-pyrrole nitrogens is 1. The molecule has 9 heteroatoms. The van der Waals surface area contributed by atoms with Crippen LogP contribution in [-0.4, -0.2) is 24.9 Å². The van der Waals surface area contributed by atoms with Crippen molar-refractivity contribution in [3.05, 3.63) is 40.6 Å². The lowest BCUT2D eigenvalue weighted by Gasteiger charge is -2.09. The van der Waals surface area contributed by atoms with Crippen LogP contribution in [0.3, 0.4) is 0 Å². The molecule has 0 amide bonds. The van der Waals surface area contributed by atoms with Crippen molar-refractivity contribution in [1.82, 2.24) is 14.7 Å². The highest BCUT2D eigenvalue weighted by Crippen LogP contribution is 2.25. The molecule has 0 radical (unpaired) electrons. The number of benzene rings is 1. The van der Waals surface area contributed by atoms with E-state index < -0.39 is 20.7 Å². The van der Waals surface area contributed by atoms with Gasteiger partial charge in [0, 0.05) is 31.0 Å². The number of halogens is 2. The maximum atomic E-state index is 13.9. The van der Waals surface area contributed by atoms with Crippen LogP contribution < -0.4 is 10.5 Å². The second kappa shape index (κ2) is 6.54. The first-order chi connectivity index (χ1) is 9.90. The highest BCUT2D eigenvalue weighted by atomic mass is 79.9. The molecular weight excluding hydrogens is 363 g/mol. The first-order valence-electron chi connectivity index (χ1n) is 6.12. The molecule has 1 aromatic heterocycles. The Hall–Kier alpha value is -1.45. The van der Waals surface area contributed by atoms with E-state index in [1.165, 1.54) is 6.07 Å². The Morgan fingerprint density at radius 3 is 2.86 bits per heavy atom. The Morgan fingerprint density at radius 2 is 2.19 bits per heavy atom. The standard InChI is InChI=1S/C12H14BrFN4O2S/c13-9-6-8(15)7-10(12(9)14)21(19,20)18-3-1-2-11-16-4-5-17-11/h4-7,18H,1-3,15H2,(H,16,17). The van der Waals surface area contributed by atoms with Gasteiger partial charge < -0.3 is 10.7 Å². The van der Waals surface area contributed by atoms with Gasteiger partial charge in [0.05, 0.1) is 4.47 Å². The molecule has 2 aromatic rings. The number of nitrogen functional groups attached to an aromatic ring is 1. The summed E-state index contributed by atoms with van der Waals surface area (Å²) in [7, 11) is -3.94. The fraction of sp³-hybridized carbons (Fsp3) is 0.250. The quantitative estimate of drug-likeness (QED) is 0.528.